The Labute approximate surface area is 185 Å². The number of nitrogens with zero attached hydrogens (tertiary/aromatic N) is 3. The minimum atomic E-state index is -0.109. The summed E-state index contributed by atoms with van der Waals surface area (Å²) in [4.78, 5) is 12.5. The van der Waals surface area contributed by atoms with E-state index in [4.69, 9.17) is 4.74 Å². The Morgan fingerprint density at radius 3 is 2.29 bits per heavy atom. The first-order chi connectivity index (χ1) is 15.2. The van der Waals surface area contributed by atoms with Crippen molar-refractivity contribution in [1.82, 2.24) is 14.8 Å². The number of carbonyl (C=O) groups is 1. The summed E-state index contributed by atoms with van der Waals surface area (Å²) in [5.41, 5.74) is 2.85. The van der Waals surface area contributed by atoms with Crippen molar-refractivity contribution in [3.05, 3.63) is 96.3 Å². The molecule has 0 radical (unpaired) electrons. The highest BCUT2D eigenvalue weighted by Crippen LogP contribution is 2.24. The van der Waals surface area contributed by atoms with Crippen LogP contribution in [0, 0.1) is 0 Å². The standard InChI is InChI=1S/C24H22N4O2S/c1-30-21-14-12-19(13-15-21)25-23(29)17-31-24-27-26-22(16-18-8-4-2-5-9-18)28(24)20-10-6-3-7-11-20/h2-15H,16-17H2,1H3,(H,25,29). The van der Waals surface area contributed by atoms with Gasteiger partial charge in [-0.2, -0.15) is 0 Å². The first-order valence-corrected chi connectivity index (χ1v) is 10.8. The summed E-state index contributed by atoms with van der Waals surface area (Å²) in [6.07, 6.45) is 0.654. The lowest BCUT2D eigenvalue weighted by Gasteiger charge is -2.10. The van der Waals surface area contributed by atoms with Crippen LogP contribution >= 0.6 is 11.8 Å². The summed E-state index contributed by atoms with van der Waals surface area (Å²) < 4.78 is 7.16. The van der Waals surface area contributed by atoms with E-state index >= 15 is 0 Å². The number of amides is 1. The van der Waals surface area contributed by atoms with E-state index in [9.17, 15) is 4.79 Å². The van der Waals surface area contributed by atoms with Gasteiger partial charge in [0.15, 0.2) is 5.16 Å². The summed E-state index contributed by atoms with van der Waals surface area (Å²) in [6, 6.07) is 27.4. The SMILES string of the molecule is COc1ccc(NC(=O)CSc2nnc(Cc3ccccc3)n2-c2ccccc2)cc1. The fourth-order valence-corrected chi connectivity index (χ4v) is 3.90. The molecule has 0 aliphatic rings. The van der Waals surface area contributed by atoms with Gasteiger partial charge in [0.2, 0.25) is 5.91 Å². The quantitative estimate of drug-likeness (QED) is 0.414. The summed E-state index contributed by atoms with van der Waals surface area (Å²) in [7, 11) is 1.61. The van der Waals surface area contributed by atoms with E-state index in [1.165, 1.54) is 11.8 Å². The van der Waals surface area contributed by atoms with Crippen LogP contribution in [-0.4, -0.2) is 33.5 Å². The fourth-order valence-electron chi connectivity index (χ4n) is 3.12. The molecule has 3 aromatic carbocycles. The van der Waals surface area contributed by atoms with Crippen molar-refractivity contribution < 1.29 is 9.53 Å². The largest absolute Gasteiger partial charge is 0.497 e. The number of carbonyl (C=O) groups excluding carboxylic acids is 1. The third kappa shape index (κ3) is 5.32. The summed E-state index contributed by atoms with van der Waals surface area (Å²) >= 11 is 1.36. The Bertz CT molecular complexity index is 1130. The van der Waals surface area contributed by atoms with Crippen molar-refractivity contribution >= 4 is 23.4 Å². The molecule has 31 heavy (non-hydrogen) atoms. The summed E-state index contributed by atoms with van der Waals surface area (Å²) in [5, 5.41) is 12.4. The average molecular weight is 431 g/mol. The van der Waals surface area contributed by atoms with Crippen LogP contribution in [0.1, 0.15) is 11.4 Å². The number of thioether (sulfide) groups is 1. The normalized spacial score (nSPS) is 10.6. The molecule has 1 heterocycles. The van der Waals surface area contributed by atoms with Gasteiger partial charge in [0.1, 0.15) is 11.6 Å². The number of anilines is 1. The van der Waals surface area contributed by atoms with Gasteiger partial charge in [0, 0.05) is 17.8 Å². The van der Waals surface area contributed by atoms with Crippen LogP contribution in [0.15, 0.2) is 90.1 Å². The van der Waals surface area contributed by atoms with E-state index in [-0.39, 0.29) is 11.7 Å². The van der Waals surface area contributed by atoms with Crippen LogP contribution in [0.4, 0.5) is 5.69 Å². The van der Waals surface area contributed by atoms with Crippen LogP contribution in [0.5, 0.6) is 5.75 Å². The molecule has 0 spiro atoms. The van der Waals surface area contributed by atoms with Crippen molar-refractivity contribution in [2.75, 3.05) is 18.2 Å². The third-order valence-electron chi connectivity index (χ3n) is 4.63. The molecule has 0 atom stereocenters. The molecule has 7 heteroatoms. The van der Waals surface area contributed by atoms with E-state index in [1.54, 1.807) is 7.11 Å². The van der Waals surface area contributed by atoms with Crippen molar-refractivity contribution in [3.8, 4) is 11.4 Å². The van der Waals surface area contributed by atoms with Crippen molar-refractivity contribution in [2.45, 2.75) is 11.6 Å². The summed E-state index contributed by atoms with van der Waals surface area (Å²) in [6.45, 7) is 0. The number of para-hydroxylation sites is 1. The molecule has 0 bridgehead atoms. The van der Waals surface area contributed by atoms with E-state index in [0.717, 1.165) is 28.5 Å². The molecule has 0 saturated heterocycles. The van der Waals surface area contributed by atoms with Crippen molar-refractivity contribution in [2.24, 2.45) is 0 Å². The zero-order valence-electron chi connectivity index (χ0n) is 17.1. The predicted molar refractivity (Wildman–Crippen MR) is 123 cm³/mol. The Kier molecular flexibility index (Phi) is 6.64. The number of benzene rings is 3. The topological polar surface area (TPSA) is 69.0 Å². The fraction of sp³-hybridized carbons (Fsp3) is 0.125. The van der Waals surface area contributed by atoms with Gasteiger partial charge >= 0.3 is 0 Å². The van der Waals surface area contributed by atoms with Gasteiger partial charge in [-0.25, -0.2) is 0 Å². The molecule has 1 aromatic heterocycles. The molecule has 4 rings (SSSR count). The van der Waals surface area contributed by atoms with Gasteiger partial charge < -0.3 is 10.1 Å². The second-order valence-corrected chi connectivity index (χ2v) is 7.74. The highest BCUT2D eigenvalue weighted by Gasteiger charge is 2.16. The third-order valence-corrected chi connectivity index (χ3v) is 5.55. The molecule has 1 amide bonds. The highest BCUT2D eigenvalue weighted by atomic mass is 32.2. The number of methoxy groups -OCH3 is 1. The van der Waals surface area contributed by atoms with Crippen LogP contribution in [0.3, 0.4) is 0 Å². The molecule has 0 fully saturated rings. The minimum Gasteiger partial charge on any atom is -0.497 e. The molecule has 6 nitrogen and oxygen atoms in total. The Hall–Kier alpha value is -3.58. The Balaban J connectivity index is 1.50. The summed E-state index contributed by atoms with van der Waals surface area (Å²) in [5.74, 6) is 1.69. The molecule has 0 unspecified atom stereocenters. The van der Waals surface area contributed by atoms with E-state index in [0.29, 0.717) is 11.6 Å². The molecule has 0 aliphatic heterocycles. The van der Waals surface area contributed by atoms with Gasteiger partial charge in [-0.3, -0.25) is 9.36 Å². The lowest BCUT2D eigenvalue weighted by Crippen LogP contribution is -2.14. The number of ether oxygens (including phenoxy) is 1. The van der Waals surface area contributed by atoms with E-state index in [1.807, 2.05) is 77.4 Å². The van der Waals surface area contributed by atoms with Gasteiger partial charge in [0.05, 0.1) is 12.9 Å². The molecular formula is C24H22N4O2S. The Morgan fingerprint density at radius 1 is 0.935 bits per heavy atom. The van der Waals surface area contributed by atoms with Crippen LogP contribution in [0.25, 0.3) is 5.69 Å². The zero-order valence-corrected chi connectivity index (χ0v) is 17.9. The maximum absolute atomic E-state index is 12.5. The number of rotatable bonds is 8. The second-order valence-electron chi connectivity index (χ2n) is 6.80. The van der Waals surface area contributed by atoms with Gasteiger partial charge in [-0.1, -0.05) is 60.3 Å². The maximum Gasteiger partial charge on any atom is 0.234 e. The lowest BCUT2D eigenvalue weighted by molar-refractivity contribution is -0.113. The zero-order chi connectivity index (χ0) is 21.5. The lowest BCUT2D eigenvalue weighted by atomic mass is 10.1. The monoisotopic (exact) mass is 430 g/mol. The van der Waals surface area contributed by atoms with Crippen LogP contribution in [-0.2, 0) is 11.2 Å². The smallest absolute Gasteiger partial charge is 0.234 e. The van der Waals surface area contributed by atoms with E-state index < -0.39 is 0 Å². The number of hydrogen-bond donors (Lipinski definition) is 1. The number of aromatic nitrogens is 3. The highest BCUT2D eigenvalue weighted by molar-refractivity contribution is 7.99. The van der Waals surface area contributed by atoms with Crippen LogP contribution < -0.4 is 10.1 Å². The molecule has 0 aliphatic carbocycles. The average Bonchev–Trinajstić information content (AvgIpc) is 3.22. The first kappa shape index (κ1) is 20.7. The minimum absolute atomic E-state index is 0.109. The predicted octanol–water partition coefficient (Wildman–Crippen LogP) is 4.60. The second kappa shape index (κ2) is 9.95. The maximum atomic E-state index is 12.5. The van der Waals surface area contributed by atoms with Crippen LogP contribution in [0.2, 0.25) is 0 Å². The van der Waals surface area contributed by atoms with Crippen molar-refractivity contribution in [1.29, 1.82) is 0 Å². The Morgan fingerprint density at radius 2 is 1.61 bits per heavy atom. The number of nitrogens with one attached hydrogen (secondary N) is 1. The van der Waals surface area contributed by atoms with Gasteiger partial charge in [-0.05, 0) is 42.0 Å². The number of hydrogen-bond acceptors (Lipinski definition) is 5. The molecule has 1 N–H and O–H groups in total. The molecule has 0 saturated carbocycles. The van der Waals surface area contributed by atoms with Crippen molar-refractivity contribution in [3.63, 3.8) is 0 Å². The molecule has 4 aromatic rings. The first-order valence-electron chi connectivity index (χ1n) is 9.83. The van der Waals surface area contributed by atoms with Gasteiger partial charge in [-0.15, -0.1) is 10.2 Å². The molecular weight excluding hydrogens is 408 g/mol. The van der Waals surface area contributed by atoms with Gasteiger partial charge in [0.25, 0.3) is 0 Å². The molecule has 156 valence electrons. The van der Waals surface area contributed by atoms with E-state index in [2.05, 4.69) is 27.6 Å².